The Morgan fingerprint density at radius 3 is 2.62 bits per heavy atom. The number of fused-ring (bicyclic) bond motifs is 1. The maximum Gasteiger partial charge on any atom is 1.00 e. The number of aromatic nitrogens is 1. The van der Waals surface area contributed by atoms with Crippen molar-refractivity contribution < 1.29 is 61.3 Å². The molecule has 0 radical (unpaired) electrons. The molecule has 0 fully saturated rings. The molecule has 0 spiro atoms. The van der Waals surface area contributed by atoms with Crippen molar-refractivity contribution in [3.05, 3.63) is 51.9 Å². The number of hydrogen-bond donors (Lipinski definition) is 0. The number of carbonyl (C=O) groups is 1. The first kappa shape index (κ1) is 17.1. The molecule has 21 heavy (non-hydrogen) atoms. The second-order valence-electron chi connectivity index (χ2n) is 4.41. The summed E-state index contributed by atoms with van der Waals surface area (Å²) in [7, 11) is 0. The van der Waals surface area contributed by atoms with E-state index >= 15 is 0 Å². The number of carboxylic acids is 1. The van der Waals surface area contributed by atoms with Crippen molar-refractivity contribution in [2.24, 2.45) is 0 Å². The Morgan fingerprint density at radius 1 is 1.24 bits per heavy atom. The largest absolute Gasteiger partial charge is 1.00 e. The van der Waals surface area contributed by atoms with Crippen LogP contribution in [0.1, 0.15) is 15.2 Å². The van der Waals surface area contributed by atoms with Crippen LogP contribution in [0.4, 0.5) is 0 Å². The van der Waals surface area contributed by atoms with Gasteiger partial charge in [-0.1, -0.05) is 11.6 Å². The van der Waals surface area contributed by atoms with E-state index in [1.165, 1.54) is 0 Å². The van der Waals surface area contributed by atoms with Gasteiger partial charge in [-0.25, -0.2) is 4.98 Å². The number of benzene rings is 1. The van der Waals surface area contributed by atoms with Crippen molar-refractivity contribution in [1.29, 1.82) is 0 Å². The summed E-state index contributed by atoms with van der Waals surface area (Å²) in [5, 5.41) is 12.3. The molecule has 6 heteroatoms. The van der Waals surface area contributed by atoms with Crippen LogP contribution in [0.5, 0.6) is 0 Å². The van der Waals surface area contributed by atoms with Gasteiger partial charge in [-0.05, 0) is 43.3 Å². The van der Waals surface area contributed by atoms with Crippen LogP contribution < -0.4 is 56.5 Å². The van der Waals surface area contributed by atoms with E-state index in [1.807, 2.05) is 19.1 Å². The Morgan fingerprint density at radius 2 is 2.00 bits per heavy atom. The van der Waals surface area contributed by atoms with Gasteiger partial charge >= 0.3 is 51.4 Å². The summed E-state index contributed by atoms with van der Waals surface area (Å²) in [6.45, 7) is 1.99. The van der Waals surface area contributed by atoms with Crippen LogP contribution in [-0.4, -0.2) is 11.0 Å². The van der Waals surface area contributed by atoms with Crippen molar-refractivity contribution in [2.45, 2.75) is 6.92 Å². The summed E-state index contributed by atoms with van der Waals surface area (Å²) in [4.78, 5) is 17.9. The Labute approximate surface area is 173 Å². The van der Waals surface area contributed by atoms with Crippen molar-refractivity contribution in [3.8, 4) is 10.6 Å². The van der Waals surface area contributed by atoms with Crippen LogP contribution >= 0.6 is 22.9 Å². The molecule has 2 aromatic heterocycles. The second-order valence-corrected chi connectivity index (χ2v) is 6.14. The van der Waals surface area contributed by atoms with Gasteiger partial charge in [0.25, 0.3) is 0 Å². The van der Waals surface area contributed by atoms with Crippen LogP contribution in [0, 0.1) is 6.92 Å². The first-order chi connectivity index (χ1) is 9.54. The Hall–Kier alpha value is -0.274. The normalized spacial score (nSPS) is 10.4. The molecule has 0 saturated heterocycles. The average molecular weight is 342 g/mol. The third kappa shape index (κ3) is 3.56. The Balaban J connectivity index is 0.00000161. The van der Waals surface area contributed by atoms with E-state index in [9.17, 15) is 9.90 Å². The van der Waals surface area contributed by atoms with Crippen molar-refractivity contribution in [3.63, 3.8) is 0 Å². The third-order valence-corrected chi connectivity index (χ3v) is 4.24. The van der Waals surface area contributed by atoms with Crippen LogP contribution in [0.15, 0.2) is 36.4 Å². The summed E-state index contributed by atoms with van der Waals surface area (Å²) < 4.78 is 0. The first-order valence-corrected chi connectivity index (χ1v) is 7.12. The van der Waals surface area contributed by atoms with Crippen molar-refractivity contribution in [2.75, 3.05) is 0 Å². The predicted octanol–water partition coefficient (Wildman–Crippen LogP) is 0.293. The number of pyridine rings is 1. The fourth-order valence-electron chi connectivity index (χ4n) is 2.07. The Kier molecular flexibility index (Phi) is 5.59. The van der Waals surface area contributed by atoms with Gasteiger partial charge in [0.05, 0.1) is 22.1 Å². The fourth-order valence-corrected chi connectivity index (χ4v) is 3.07. The summed E-state index contributed by atoms with van der Waals surface area (Å²) >= 11 is 7.49. The molecular weight excluding hydrogens is 333 g/mol. The van der Waals surface area contributed by atoms with Crippen molar-refractivity contribution in [1.82, 2.24) is 4.98 Å². The molecule has 3 rings (SSSR count). The van der Waals surface area contributed by atoms with E-state index in [4.69, 9.17) is 11.6 Å². The van der Waals surface area contributed by atoms with E-state index in [0.29, 0.717) is 21.6 Å². The number of rotatable bonds is 2. The number of nitrogens with zero attached hydrogens (tertiary/aromatic N) is 1. The van der Waals surface area contributed by atoms with Crippen molar-refractivity contribution >= 4 is 39.8 Å². The molecule has 0 bridgehead atoms. The summed E-state index contributed by atoms with van der Waals surface area (Å²) in [6.07, 6.45) is 0. The molecule has 100 valence electrons. The number of thiophene rings is 1. The maximum atomic E-state index is 11.3. The molecule has 0 unspecified atom stereocenters. The topological polar surface area (TPSA) is 53.0 Å². The molecule has 1 aromatic carbocycles. The molecule has 0 amide bonds. The number of carbonyl (C=O) groups excluding carboxylic acids is 1. The van der Waals surface area contributed by atoms with Gasteiger partial charge in [-0.3, -0.25) is 0 Å². The standard InChI is InChI=1S/C15H10ClNO2S.K/c1-8-2-5-14(20-8)13-7-11(15(18)19)10-6-9(16)3-4-12(10)17-13;/h2-7H,1H3,(H,18,19);/q;+1/p-1. The van der Waals surface area contributed by atoms with Crippen LogP contribution in [-0.2, 0) is 0 Å². The van der Waals surface area contributed by atoms with Gasteiger partial charge in [-0.15, -0.1) is 11.3 Å². The fraction of sp³-hybridized carbons (Fsp3) is 0.0667. The molecule has 0 aliphatic heterocycles. The average Bonchev–Trinajstić information content (AvgIpc) is 2.84. The molecular formula is C15H9ClKNO2S. The van der Waals surface area contributed by atoms with Gasteiger partial charge < -0.3 is 9.90 Å². The third-order valence-electron chi connectivity index (χ3n) is 2.98. The second kappa shape index (κ2) is 6.87. The van der Waals surface area contributed by atoms with E-state index in [0.717, 1.165) is 9.75 Å². The summed E-state index contributed by atoms with van der Waals surface area (Å²) in [5.74, 6) is -1.23. The minimum atomic E-state index is -1.23. The van der Waals surface area contributed by atoms with Gasteiger partial charge in [0.15, 0.2) is 0 Å². The van der Waals surface area contributed by atoms with Gasteiger partial charge in [0.2, 0.25) is 0 Å². The zero-order chi connectivity index (χ0) is 14.3. The van der Waals surface area contributed by atoms with E-state index < -0.39 is 5.97 Å². The first-order valence-electron chi connectivity index (χ1n) is 5.93. The zero-order valence-corrected chi connectivity index (χ0v) is 16.2. The molecule has 0 atom stereocenters. The summed E-state index contributed by atoms with van der Waals surface area (Å²) in [6, 6.07) is 10.5. The molecule has 0 aliphatic rings. The molecule has 2 heterocycles. The number of halogens is 1. The maximum absolute atomic E-state index is 11.3. The van der Waals surface area contributed by atoms with E-state index in [-0.39, 0.29) is 56.9 Å². The predicted molar refractivity (Wildman–Crippen MR) is 79.1 cm³/mol. The molecule has 3 aromatic rings. The summed E-state index contributed by atoms with van der Waals surface area (Å²) in [5.41, 5.74) is 1.34. The van der Waals surface area contributed by atoms with E-state index in [1.54, 1.807) is 35.6 Å². The minimum absolute atomic E-state index is 0. The number of hydrogen-bond acceptors (Lipinski definition) is 4. The van der Waals surface area contributed by atoms with E-state index in [2.05, 4.69) is 4.98 Å². The van der Waals surface area contributed by atoms with Crippen LogP contribution in [0.2, 0.25) is 5.02 Å². The Bertz CT molecular complexity index is 832. The number of aromatic carboxylic acids is 1. The minimum Gasteiger partial charge on any atom is -0.545 e. The molecule has 0 N–H and O–H groups in total. The van der Waals surface area contributed by atoms with Gasteiger partial charge in [0, 0.05) is 20.8 Å². The monoisotopic (exact) mass is 341 g/mol. The smallest absolute Gasteiger partial charge is 0.545 e. The number of carboxylic acid groups (broad SMARTS) is 1. The zero-order valence-electron chi connectivity index (χ0n) is 11.5. The van der Waals surface area contributed by atoms with Crippen LogP contribution in [0.3, 0.4) is 0 Å². The quantitative estimate of drug-likeness (QED) is 0.630. The molecule has 0 aliphatic carbocycles. The molecule has 3 nitrogen and oxygen atoms in total. The van der Waals surface area contributed by atoms with Crippen LogP contribution in [0.25, 0.3) is 21.5 Å². The number of aryl methyl sites for hydroxylation is 1. The molecule has 0 saturated carbocycles. The van der Waals surface area contributed by atoms with Gasteiger partial charge in [0.1, 0.15) is 0 Å². The SMILES string of the molecule is Cc1ccc(-c2cc(C(=O)[O-])c3cc(Cl)ccc3n2)s1.[K+]. The van der Waals surface area contributed by atoms with Gasteiger partial charge in [-0.2, -0.15) is 0 Å².